The molecule has 0 saturated heterocycles. The number of methoxy groups -OCH3 is 1. The zero-order valence-electron chi connectivity index (χ0n) is 10.9. The standard InChI is InChI=1S/C14H20N2OS/c1-10(12-5-6-12)16-14(18)15-9-11-3-7-13(17-2)8-4-11/h3-4,7-8,10,12H,5-6,9H2,1-2H3,(H2,15,16,18)/t10-/m1/s1. The SMILES string of the molecule is COc1ccc(CNC(=S)N[C@H](C)C2CC2)cc1. The van der Waals surface area contributed by atoms with Crippen molar-refractivity contribution < 1.29 is 4.74 Å². The van der Waals surface area contributed by atoms with Gasteiger partial charge < -0.3 is 15.4 Å². The highest BCUT2D eigenvalue weighted by molar-refractivity contribution is 7.80. The second-order valence-electron chi connectivity index (χ2n) is 4.80. The molecule has 1 aromatic carbocycles. The first kappa shape index (κ1) is 13.1. The Kier molecular flexibility index (Phi) is 4.42. The van der Waals surface area contributed by atoms with Gasteiger partial charge in [0, 0.05) is 12.6 Å². The zero-order chi connectivity index (χ0) is 13.0. The first-order valence-electron chi connectivity index (χ1n) is 6.36. The van der Waals surface area contributed by atoms with E-state index in [4.69, 9.17) is 17.0 Å². The molecule has 18 heavy (non-hydrogen) atoms. The summed E-state index contributed by atoms with van der Waals surface area (Å²) < 4.78 is 5.12. The van der Waals surface area contributed by atoms with Crippen LogP contribution in [0.5, 0.6) is 5.75 Å². The maximum absolute atomic E-state index is 5.28. The molecule has 0 radical (unpaired) electrons. The molecule has 0 unspecified atom stereocenters. The fourth-order valence-electron chi connectivity index (χ4n) is 1.90. The molecule has 1 aliphatic rings. The Labute approximate surface area is 114 Å². The number of ether oxygens (including phenoxy) is 1. The molecule has 3 nitrogen and oxygen atoms in total. The largest absolute Gasteiger partial charge is 0.497 e. The summed E-state index contributed by atoms with van der Waals surface area (Å²) in [7, 11) is 1.67. The maximum atomic E-state index is 5.28. The maximum Gasteiger partial charge on any atom is 0.166 e. The van der Waals surface area contributed by atoms with Crippen LogP contribution in [-0.2, 0) is 6.54 Å². The smallest absolute Gasteiger partial charge is 0.166 e. The molecule has 98 valence electrons. The average molecular weight is 264 g/mol. The molecule has 0 spiro atoms. The van der Waals surface area contributed by atoms with E-state index in [0.717, 1.165) is 23.3 Å². The van der Waals surface area contributed by atoms with Gasteiger partial charge in [0.25, 0.3) is 0 Å². The Hall–Kier alpha value is -1.29. The highest BCUT2D eigenvalue weighted by Crippen LogP contribution is 2.32. The first-order chi connectivity index (χ1) is 8.69. The van der Waals surface area contributed by atoms with Crippen molar-refractivity contribution >= 4 is 17.3 Å². The predicted molar refractivity (Wildman–Crippen MR) is 77.8 cm³/mol. The van der Waals surface area contributed by atoms with E-state index in [1.807, 2.05) is 24.3 Å². The third kappa shape index (κ3) is 3.88. The molecular formula is C14H20N2OS. The third-order valence-corrected chi connectivity index (χ3v) is 3.56. The minimum absolute atomic E-state index is 0.487. The van der Waals surface area contributed by atoms with E-state index in [1.165, 1.54) is 18.4 Å². The lowest BCUT2D eigenvalue weighted by Crippen LogP contribution is -2.41. The molecule has 0 heterocycles. The summed E-state index contributed by atoms with van der Waals surface area (Å²) in [5, 5.41) is 7.30. The van der Waals surface area contributed by atoms with Gasteiger partial charge in [0.1, 0.15) is 5.75 Å². The van der Waals surface area contributed by atoms with Crippen molar-refractivity contribution in [1.29, 1.82) is 0 Å². The van der Waals surface area contributed by atoms with E-state index >= 15 is 0 Å². The molecule has 1 saturated carbocycles. The lowest BCUT2D eigenvalue weighted by molar-refractivity contribution is 0.414. The van der Waals surface area contributed by atoms with E-state index in [0.29, 0.717) is 6.04 Å². The Morgan fingerprint density at radius 2 is 2.06 bits per heavy atom. The Morgan fingerprint density at radius 3 is 2.61 bits per heavy atom. The topological polar surface area (TPSA) is 33.3 Å². The summed E-state index contributed by atoms with van der Waals surface area (Å²) in [5.41, 5.74) is 1.19. The van der Waals surface area contributed by atoms with Crippen LogP contribution in [0, 0.1) is 5.92 Å². The molecule has 0 amide bonds. The average Bonchev–Trinajstić information content (AvgIpc) is 3.21. The predicted octanol–water partition coefficient (Wildman–Crippen LogP) is 2.46. The molecule has 0 aromatic heterocycles. The Bertz CT molecular complexity index is 401. The van der Waals surface area contributed by atoms with Gasteiger partial charge in [-0.15, -0.1) is 0 Å². The fourth-order valence-corrected chi connectivity index (χ4v) is 2.16. The quantitative estimate of drug-likeness (QED) is 0.800. The highest BCUT2D eigenvalue weighted by atomic mass is 32.1. The number of nitrogens with one attached hydrogen (secondary N) is 2. The molecule has 0 bridgehead atoms. The summed E-state index contributed by atoms with van der Waals surface area (Å²) in [6.07, 6.45) is 2.66. The van der Waals surface area contributed by atoms with Crippen LogP contribution < -0.4 is 15.4 Å². The van der Waals surface area contributed by atoms with E-state index in [-0.39, 0.29) is 0 Å². The lowest BCUT2D eigenvalue weighted by Gasteiger charge is -2.16. The van der Waals surface area contributed by atoms with Gasteiger partial charge in [-0.1, -0.05) is 12.1 Å². The van der Waals surface area contributed by atoms with Crippen LogP contribution in [-0.4, -0.2) is 18.3 Å². The van der Waals surface area contributed by atoms with Crippen molar-refractivity contribution in [2.75, 3.05) is 7.11 Å². The first-order valence-corrected chi connectivity index (χ1v) is 6.77. The second kappa shape index (κ2) is 6.05. The van der Waals surface area contributed by atoms with Crippen molar-refractivity contribution in [3.8, 4) is 5.75 Å². The van der Waals surface area contributed by atoms with Crippen molar-refractivity contribution in [1.82, 2.24) is 10.6 Å². The van der Waals surface area contributed by atoms with Gasteiger partial charge in [0.05, 0.1) is 7.11 Å². The van der Waals surface area contributed by atoms with Crippen LogP contribution in [0.1, 0.15) is 25.3 Å². The molecule has 0 aliphatic heterocycles. The van der Waals surface area contributed by atoms with Crippen LogP contribution in [0.15, 0.2) is 24.3 Å². The summed E-state index contributed by atoms with van der Waals surface area (Å²) in [6, 6.07) is 8.49. The van der Waals surface area contributed by atoms with Crippen LogP contribution >= 0.6 is 12.2 Å². The molecule has 1 aliphatic carbocycles. The molecule has 4 heteroatoms. The van der Waals surface area contributed by atoms with Crippen LogP contribution in [0.4, 0.5) is 0 Å². The summed E-state index contributed by atoms with van der Waals surface area (Å²) in [4.78, 5) is 0. The molecule has 1 atom stereocenters. The monoisotopic (exact) mass is 264 g/mol. The van der Waals surface area contributed by atoms with Gasteiger partial charge in [-0.3, -0.25) is 0 Å². The van der Waals surface area contributed by atoms with Crippen molar-refractivity contribution in [2.24, 2.45) is 5.92 Å². The van der Waals surface area contributed by atoms with E-state index in [2.05, 4.69) is 17.6 Å². The minimum Gasteiger partial charge on any atom is -0.497 e. The lowest BCUT2D eigenvalue weighted by atomic mass is 10.2. The molecule has 2 rings (SSSR count). The zero-order valence-corrected chi connectivity index (χ0v) is 11.7. The Morgan fingerprint density at radius 1 is 1.39 bits per heavy atom. The molecule has 2 N–H and O–H groups in total. The van der Waals surface area contributed by atoms with E-state index in [1.54, 1.807) is 7.11 Å². The van der Waals surface area contributed by atoms with Gasteiger partial charge in [-0.05, 0) is 55.6 Å². The number of rotatable bonds is 5. The molecular weight excluding hydrogens is 244 g/mol. The number of hydrogen-bond acceptors (Lipinski definition) is 2. The van der Waals surface area contributed by atoms with Gasteiger partial charge in [0.15, 0.2) is 5.11 Å². The van der Waals surface area contributed by atoms with Gasteiger partial charge >= 0.3 is 0 Å². The van der Waals surface area contributed by atoms with Crippen LogP contribution in [0.2, 0.25) is 0 Å². The van der Waals surface area contributed by atoms with Crippen molar-refractivity contribution in [2.45, 2.75) is 32.4 Å². The third-order valence-electron chi connectivity index (χ3n) is 3.30. The highest BCUT2D eigenvalue weighted by Gasteiger charge is 2.28. The molecule has 1 fully saturated rings. The number of benzene rings is 1. The van der Waals surface area contributed by atoms with E-state index in [9.17, 15) is 0 Å². The Balaban J connectivity index is 1.74. The summed E-state index contributed by atoms with van der Waals surface area (Å²) in [6.45, 7) is 2.94. The van der Waals surface area contributed by atoms with Gasteiger partial charge in [0.2, 0.25) is 0 Å². The normalized spacial score (nSPS) is 15.9. The van der Waals surface area contributed by atoms with Crippen molar-refractivity contribution in [3.05, 3.63) is 29.8 Å². The molecule has 1 aromatic rings. The van der Waals surface area contributed by atoms with Gasteiger partial charge in [-0.25, -0.2) is 0 Å². The number of thiocarbonyl (C=S) groups is 1. The van der Waals surface area contributed by atoms with Crippen molar-refractivity contribution in [3.63, 3.8) is 0 Å². The number of hydrogen-bond donors (Lipinski definition) is 2. The van der Waals surface area contributed by atoms with Crippen LogP contribution in [0.25, 0.3) is 0 Å². The second-order valence-corrected chi connectivity index (χ2v) is 5.21. The minimum atomic E-state index is 0.487. The summed E-state index contributed by atoms with van der Waals surface area (Å²) in [5.74, 6) is 1.69. The van der Waals surface area contributed by atoms with Gasteiger partial charge in [-0.2, -0.15) is 0 Å². The van der Waals surface area contributed by atoms with Crippen LogP contribution in [0.3, 0.4) is 0 Å². The summed E-state index contributed by atoms with van der Waals surface area (Å²) >= 11 is 5.28. The fraction of sp³-hybridized carbons (Fsp3) is 0.500. The van der Waals surface area contributed by atoms with E-state index < -0.39 is 0 Å².